The van der Waals surface area contributed by atoms with E-state index in [-0.39, 0.29) is 0 Å². The second kappa shape index (κ2) is 7.52. The van der Waals surface area contributed by atoms with Crippen molar-refractivity contribution in [3.05, 3.63) is 12.2 Å². The number of fused-ring (bicyclic) bond motifs is 2. The molecule has 25 heavy (non-hydrogen) atoms. The molecule has 3 aliphatic carbocycles. The van der Waals surface area contributed by atoms with E-state index in [1.54, 1.807) is 0 Å². The summed E-state index contributed by atoms with van der Waals surface area (Å²) in [6.07, 6.45) is 17.0. The van der Waals surface area contributed by atoms with Crippen molar-refractivity contribution in [1.29, 1.82) is 0 Å². The first-order valence-corrected chi connectivity index (χ1v) is 11.3. The molecule has 3 fully saturated rings. The molecule has 4 aliphatic rings. The summed E-state index contributed by atoms with van der Waals surface area (Å²) in [7, 11) is 0. The van der Waals surface area contributed by atoms with Gasteiger partial charge >= 0.3 is 0 Å². The third-order valence-corrected chi connectivity index (χ3v) is 7.96. The number of allylic oxidation sites excluding steroid dienone is 1. The van der Waals surface area contributed by atoms with E-state index in [0.29, 0.717) is 28.8 Å². The maximum atomic E-state index is 6.30. The Morgan fingerprint density at radius 2 is 1.80 bits per heavy atom. The first-order chi connectivity index (χ1) is 12.0. The Morgan fingerprint density at radius 1 is 1.04 bits per heavy atom. The Kier molecular flexibility index (Phi) is 5.51. The first kappa shape index (κ1) is 18.3. The van der Waals surface area contributed by atoms with Crippen molar-refractivity contribution in [3.63, 3.8) is 0 Å². The van der Waals surface area contributed by atoms with Gasteiger partial charge in [-0.3, -0.25) is 0 Å². The Balaban J connectivity index is 1.46. The summed E-state index contributed by atoms with van der Waals surface area (Å²) in [6, 6.07) is 2.08. The number of alkyl halides is 1. The minimum Gasteiger partial charge on any atom is -0.313 e. The van der Waals surface area contributed by atoms with Gasteiger partial charge in [0.1, 0.15) is 0 Å². The molecule has 0 spiro atoms. The van der Waals surface area contributed by atoms with Crippen molar-refractivity contribution in [3.8, 4) is 0 Å². The molecule has 0 aromatic carbocycles. The number of rotatable bonds is 3. The lowest BCUT2D eigenvalue weighted by Gasteiger charge is -2.53. The molecule has 0 aromatic heterocycles. The third-order valence-electron chi connectivity index (χ3n) is 7.52. The summed E-state index contributed by atoms with van der Waals surface area (Å²) in [5.41, 5.74) is 0.346. The highest BCUT2D eigenvalue weighted by atomic mass is 35.5. The number of piperidine rings is 1. The van der Waals surface area contributed by atoms with Crippen LogP contribution >= 0.6 is 11.6 Å². The van der Waals surface area contributed by atoms with Gasteiger partial charge in [-0.2, -0.15) is 0 Å². The molecule has 4 rings (SSSR count). The number of halogens is 1. The van der Waals surface area contributed by atoms with Crippen molar-refractivity contribution in [2.24, 2.45) is 23.2 Å². The molecule has 2 N–H and O–H groups in total. The SMILES string of the molecule is CC1(C)C=CC2C(C1)NC1CCCCC1C2NCC1CCC(Cl)CC1. The van der Waals surface area contributed by atoms with Crippen molar-refractivity contribution < 1.29 is 0 Å². The predicted octanol–water partition coefficient (Wildman–Crippen LogP) is 4.88. The summed E-state index contributed by atoms with van der Waals surface area (Å²) in [4.78, 5) is 0. The highest BCUT2D eigenvalue weighted by molar-refractivity contribution is 6.20. The molecule has 2 saturated carbocycles. The molecule has 0 radical (unpaired) electrons. The zero-order chi connectivity index (χ0) is 17.4. The normalized spacial score (nSPS) is 46.3. The minimum atomic E-state index is 0.346. The maximum Gasteiger partial charge on any atom is 0.0336 e. The molecule has 5 atom stereocenters. The van der Waals surface area contributed by atoms with Gasteiger partial charge in [0, 0.05) is 29.4 Å². The Bertz CT molecular complexity index is 480. The summed E-state index contributed by atoms with van der Waals surface area (Å²) >= 11 is 6.30. The minimum absolute atomic E-state index is 0.346. The van der Waals surface area contributed by atoms with E-state index in [1.807, 2.05) is 0 Å². The van der Waals surface area contributed by atoms with Gasteiger partial charge in [-0.1, -0.05) is 38.8 Å². The van der Waals surface area contributed by atoms with Crippen LogP contribution in [0.4, 0.5) is 0 Å². The molecular weight excluding hydrogens is 328 g/mol. The number of hydrogen-bond acceptors (Lipinski definition) is 2. The number of hydrogen-bond donors (Lipinski definition) is 2. The molecule has 1 saturated heterocycles. The van der Waals surface area contributed by atoms with E-state index < -0.39 is 0 Å². The fourth-order valence-electron chi connectivity index (χ4n) is 6.09. The third kappa shape index (κ3) is 4.12. The molecule has 1 heterocycles. The van der Waals surface area contributed by atoms with E-state index in [4.69, 9.17) is 11.6 Å². The van der Waals surface area contributed by atoms with Crippen LogP contribution in [0, 0.1) is 23.2 Å². The quantitative estimate of drug-likeness (QED) is 0.551. The second-order valence-corrected chi connectivity index (χ2v) is 10.6. The molecule has 0 bridgehead atoms. The van der Waals surface area contributed by atoms with Gasteiger partial charge in [0.25, 0.3) is 0 Å². The van der Waals surface area contributed by atoms with Crippen LogP contribution in [0.1, 0.15) is 71.6 Å². The standard InChI is InChI=1S/C22H37ClN2/c1-22(2)12-11-18-20(13-22)25-19-6-4-3-5-17(19)21(18)24-14-15-7-9-16(23)10-8-15/h11-12,15-21,24-25H,3-10,13-14H2,1-2H3. The average Bonchev–Trinajstić information content (AvgIpc) is 2.59. The maximum absolute atomic E-state index is 6.30. The lowest BCUT2D eigenvalue weighted by Crippen LogP contribution is -2.65. The van der Waals surface area contributed by atoms with Crippen LogP contribution in [0.15, 0.2) is 12.2 Å². The Hall–Kier alpha value is -0.0500. The molecule has 2 nitrogen and oxygen atoms in total. The first-order valence-electron chi connectivity index (χ1n) is 10.8. The molecule has 0 amide bonds. The molecule has 0 aromatic rings. The van der Waals surface area contributed by atoms with Gasteiger partial charge < -0.3 is 10.6 Å². The Morgan fingerprint density at radius 3 is 2.60 bits per heavy atom. The van der Waals surface area contributed by atoms with E-state index in [1.165, 1.54) is 64.3 Å². The van der Waals surface area contributed by atoms with Crippen molar-refractivity contribution >= 4 is 11.6 Å². The summed E-state index contributed by atoms with van der Waals surface area (Å²) < 4.78 is 0. The van der Waals surface area contributed by atoms with Crippen molar-refractivity contribution in [2.75, 3.05) is 6.54 Å². The average molecular weight is 365 g/mol. The van der Waals surface area contributed by atoms with Gasteiger partial charge in [0.15, 0.2) is 0 Å². The van der Waals surface area contributed by atoms with Crippen molar-refractivity contribution in [1.82, 2.24) is 10.6 Å². The summed E-state index contributed by atoms with van der Waals surface area (Å²) in [5.74, 6) is 2.34. The van der Waals surface area contributed by atoms with Crippen LogP contribution in [-0.2, 0) is 0 Å². The van der Waals surface area contributed by atoms with Crippen molar-refractivity contribution in [2.45, 2.75) is 95.1 Å². The van der Waals surface area contributed by atoms with Crippen LogP contribution in [0.3, 0.4) is 0 Å². The van der Waals surface area contributed by atoms with Crippen LogP contribution in [0.5, 0.6) is 0 Å². The summed E-state index contributed by atoms with van der Waals surface area (Å²) in [5, 5.41) is 8.61. The van der Waals surface area contributed by atoms with Crippen LogP contribution in [0.2, 0.25) is 0 Å². The topological polar surface area (TPSA) is 24.1 Å². The fourth-order valence-corrected chi connectivity index (χ4v) is 6.34. The highest BCUT2D eigenvalue weighted by Gasteiger charge is 2.46. The van der Waals surface area contributed by atoms with E-state index in [0.717, 1.165) is 17.9 Å². The molecular formula is C22H37ClN2. The van der Waals surface area contributed by atoms with Crippen LogP contribution in [0.25, 0.3) is 0 Å². The zero-order valence-corrected chi connectivity index (χ0v) is 16.9. The van der Waals surface area contributed by atoms with Gasteiger partial charge in [0.2, 0.25) is 0 Å². The largest absolute Gasteiger partial charge is 0.313 e. The predicted molar refractivity (Wildman–Crippen MR) is 107 cm³/mol. The van der Waals surface area contributed by atoms with E-state index in [9.17, 15) is 0 Å². The highest BCUT2D eigenvalue weighted by Crippen LogP contribution is 2.42. The molecule has 3 heteroatoms. The lowest BCUT2D eigenvalue weighted by molar-refractivity contribution is 0.0717. The smallest absolute Gasteiger partial charge is 0.0336 e. The lowest BCUT2D eigenvalue weighted by atomic mass is 9.64. The zero-order valence-electron chi connectivity index (χ0n) is 16.1. The molecule has 1 aliphatic heterocycles. The van der Waals surface area contributed by atoms with Gasteiger partial charge in [-0.05, 0) is 68.7 Å². The Labute approximate surface area is 159 Å². The van der Waals surface area contributed by atoms with Gasteiger partial charge in [0.05, 0.1) is 0 Å². The summed E-state index contributed by atoms with van der Waals surface area (Å²) in [6.45, 7) is 5.99. The fraction of sp³-hybridized carbons (Fsp3) is 0.909. The monoisotopic (exact) mass is 364 g/mol. The van der Waals surface area contributed by atoms with Crippen LogP contribution < -0.4 is 10.6 Å². The van der Waals surface area contributed by atoms with Gasteiger partial charge in [-0.15, -0.1) is 11.6 Å². The van der Waals surface area contributed by atoms with Gasteiger partial charge in [-0.25, -0.2) is 0 Å². The van der Waals surface area contributed by atoms with E-state index >= 15 is 0 Å². The molecule has 5 unspecified atom stereocenters. The second-order valence-electron chi connectivity index (χ2n) is 10.0. The van der Waals surface area contributed by atoms with E-state index in [2.05, 4.69) is 36.6 Å². The number of nitrogens with one attached hydrogen (secondary N) is 2. The molecule has 142 valence electrons. The van der Waals surface area contributed by atoms with Crippen LogP contribution in [-0.4, -0.2) is 30.0 Å².